The first kappa shape index (κ1) is 69.5. The summed E-state index contributed by atoms with van der Waals surface area (Å²) in [6.07, 6.45) is 63.8. The minimum absolute atomic E-state index is 0.184. The smallest absolute Gasteiger partial charge is 0.361 e. The van der Waals surface area contributed by atoms with E-state index in [1.54, 1.807) is 0 Å². The van der Waals surface area contributed by atoms with Crippen molar-refractivity contribution in [3.8, 4) is 0 Å². The SMILES string of the molecule is CCCCC/C=C\C/C=C\C/C=C\CCCCCCCCC(=O)OC(COC(=O)CCCCCCCCCCCCCCCCCCCCCCCCCCCCCC)COC(OCC[N+](C)(C)C)C(=O)O. The number of hydrogen-bond donors (Lipinski definition) is 1. The van der Waals surface area contributed by atoms with Gasteiger partial charge in [0, 0.05) is 12.8 Å². The van der Waals surface area contributed by atoms with E-state index in [-0.39, 0.29) is 32.2 Å². The lowest BCUT2D eigenvalue weighted by atomic mass is 10.0. The van der Waals surface area contributed by atoms with E-state index in [0.29, 0.717) is 23.9 Å². The molecule has 0 aliphatic carbocycles. The summed E-state index contributed by atoms with van der Waals surface area (Å²) in [7, 11) is 5.97. The molecule has 9 nitrogen and oxygen atoms in total. The summed E-state index contributed by atoms with van der Waals surface area (Å²) < 4.78 is 22.9. The molecule has 0 rings (SSSR count). The highest BCUT2D eigenvalue weighted by Crippen LogP contribution is 2.18. The van der Waals surface area contributed by atoms with Gasteiger partial charge in [0.25, 0.3) is 6.29 Å². The number of rotatable bonds is 57. The molecule has 72 heavy (non-hydrogen) atoms. The Balaban J connectivity index is 4.15. The average Bonchev–Trinajstić information content (AvgIpc) is 3.35. The highest BCUT2D eigenvalue weighted by molar-refractivity contribution is 5.71. The highest BCUT2D eigenvalue weighted by Gasteiger charge is 2.25. The van der Waals surface area contributed by atoms with Crippen molar-refractivity contribution in [2.75, 3.05) is 47.5 Å². The van der Waals surface area contributed by atoms with Gasteiger partial charge in [-0.05, 0) is 51.4 Å². The van der Waals surface area contributed by atoms with Crippen molar-refractivity contribution >= 4 is 17.9 Å². The fourth-order valence-electron chi connectivity index (χ4n) is 8.91. The second-order valence-corrected chi connectivity index (χ2v) is 22.0. The molecule has 1 N–H and O–H groups in total. The minimum Gasteiger partial charge on any atom is -0.477 e. The van der Waals surface area contributed by atoms with Crippen LogP contribution >= 0.6 is 0 Å². The van der Waals surface area contributed by atoms with Crippen LogP contribution in [0.25, 0.3) is 0 Å². The van der Waals surface area contributed by atoms with Gasteiger partial charge in [-0.2, -0.15) is 0 Å². The van der Waals surface area contributed by atoms with Gasteiger partial charge in [-0.3, -0.25) is 9.59 Å². The molecule has 0 aromatic rings. The van der Waals surface area contributed by atoms with E-state index in [1.807, 2.05) is 21.1 Å². The van der Waals surface area contributed by atoms with Crippen molar-refractivity contribution in [3.63, 3.8) is 0 Å². The van der Waals surface area contributed by atoms with E-state index in [2.05, 4.69) is 50.3 Å². The first-order valence-corrected chi connectivity index (χ1v) is 30.7. The van der Waals surface area contributed by atoms with Crippen LogP contribution in [0.3, 0.4) is 0 Å². The summed E-state index contributed by atoms with van der Waals surface area (Å²) in [5.41, 5.74) is 0. The van der Waals surface area contributed by atoms with Crippen LogP contribution in [-0.4, -0.2) is 87.4 Å². The zero-order valence-corrected chi connectivity index (χ0v) is 48.1. The number of likely N-dealkylation sites (N-methyl/N-ethyl adjacent to an activating group) is 1. The molecule has 0 saturated heterocycles. The summed E-state index contributed by atoms with van der Waals surface area (Å²) in [5.74, 6) is -2.01. The third-order valence-electron chi connectivity index (χ3n) is 13.6. The summed E-state index contributed by atoms with van der Waals surface area (Å²) >= 11 is 0. The Morgan fingerprint density at radius 2 is 0.750 bits per heavy atom. The van der Waals surface area contributed by atoms with Gasteiger partial charge in [-0.1, -0.05) is 262 Å². The number of quaternary nitrogens is 1. The zero-order chi connectivity index (χ0) is 52.7. The Hall–Kier alpha value is -2.49. The predicted octanol–water partition coefficient (Wildman–Crippen LogP) is 18.1. The first-order chi connectivity index (χ1) is 35.1. The van der Waals surface area contributed by atoms with E-state index < -0.39 is 24.3 Å². The highest BCUT2D eigenvalue weighted by atomic mass is 16.7. The average molecular weight is 1020 g/mol. The van der Waals surface area contributed by atoms with Crippen molar-refractivity contribution in [2.24, 2.45) is 0 Å². The molecule has 0 bridgehead atoms. The topological polar surface area (TPSA) is 108 Å². The third kappa shape index (κ3) is 55.3. The van der Waals surface area contributed by atoms with Crippen LogP contribution in [0.2, 0.25) is 0 Å². The Labute approximate surface area is 445 Å². The lowest BCUT2D eigenvalue weighted by molar-refractivity contribution is -0.870. The lowest BCUT2D eigenvalue weighted by Gasteiger charge is -2.25. The quantitative estimate of drug-likeness (QED) is 0.0211. The number of carbonyl (C=O) groups excluding carboxylic acids is 2. The molecular weight excluding hydrogens is 899 g/mol. The van der Waals surface area contributed by atoms with Crippen LogP contribution in [0.15, 0.2) is 36.5 Å². The molecule has 9 heteroatoms. The number of esters is 2. The summed E-state index contributed by atoms with van der Waals surface area (Å²) in [6, 6.07) is 0. The second kappa shape index (κ2) is 54.8. The number of ether oxygens (including phenoxy) is 4. The summed E-state index contributed by atoms with van der Waals surface area (Å²) in [5, 5.41) is 9.71. The number of carbonyl (C=O) groups is 3. The maximum Gasteiger partial charge on any atom is 0.361 e. The second-order valence-electron chi connectivity index (χ2n) is 22.0. The van der Waals surface area contributed by atoms with Crippen LogP contribution in [0.5, 0.6) is 0 Å². The predicted molar refractivity (Wildman–Crippen MR) is 304 cm³/mol. The standard InChI is InChI=1S/C63H117NO8/c1-6-8-10-12-14-16-18-20-22-24-26-27-28-29-30-31-32-33-34-36-37-39-41-43-45-47-49-51-53-60(65)70-57-59(58-71-63(62(67)68)69-56-55-64(3,4)5)72-61(66)54-52-50-48-46-44-42-40-38-35-25-23-21-19-17-15-13-11-9-7-2/h15,17,21,23,35,38,59,63H,6-14,16,18-20,22,24-34,36-37,39-58H2,1-5H3/p+1/b17-15-,23-21-,38-35-. The fourth-order valence-corrected chi connectivity index (χ4v) is 8.91. The van der Waals surface area contributed by atoms with E-state index in [4.69, 9.17) is 18.9 Å². The van der Waals surface area contributed by atoms with Crippen LogP contribution in [-0.2, 0) is 33.3 Å². The number of carboxylic acid groups (broad SMARTS) is 1. The van der Waals surface area contributed by atoms with Gasteiger partial charge in [0.1, 0.15) is 13.2 Å². The van der Waals surface area contributed by atoms with Gasteiger partial charge in [0.15, 0.2) is 6.10 Å². The summed E-state index contributed by atoms with van der Waals surface area (Å²) in [4.78, 5) is 37.4. The van der Waals surface area contributed by atoms with Crippen molar-refractivity contribution in [1.29, 1.82) is 0 Å². The van der Waals surface area contributed by atoms with Gasteiger partial charge in [0.2, 0.25) is 0 Å². The van der Waals surface area contributed by atoms with Gasteiger partial charge in [-0.25, -0.2) is 4.79 Å². The maximum atomic E-state index is 12.9. The third-order valence-corrected chi connectivity index (χ3v) is 13.6. The monoisotopic (exact) mass is 1020 g/mol. The van der Waals surface area contributed by atoms with Gasteiger partial charge in [0.05, 0.1) is 34.4 Å². The van der Waals surface area contributed by atoms with Crippen molar-refractivity contribution in [2.45, 2.75) is 302 Å². The number of nitrogens with zero attached hydrogens (tertiary/aromatic N) is 1. The minimum atomic E-state index is -1.51. The van der Waals surface area contributed by atoms with Crippen LogP contribution in [0, 0.1) is 0 Å². The molecule has 0 aromatic heterocycles. The molecule has 0 amide bonds. The number of carboxylic acids is 1. The van der Waals surface area contributed by atoms with Crippen molar-refractivity contribution in [1.82, 2.24) is 0 Å². The summed E-state index contributed by atoms with van der Waals surface area (Å²) in [6.45, 7) is 4.88. The normalized spacial score (nSPS) is 13.0. The Kier molecular flexibility index (Phi) is 52.9. The Morgan fingerprint density at radius 1 is 0.417 bits per heavy atom. The van der Waals surface area contributed by atoms with E-state index in [0.717, 1.165) is 57.8 Å². The fraction of sp³-hybridized carbons (Fsp3) is 0.857. The Morgan fingerprint density at radius 3 is 1.14 bits per heavy atom. The molecule has 0 fully saturated rings. The van der Waals surface area contributed by atoms with E-state index in [1.165, 1.54) is 199 Å². The largest absolute Gasteiger partial charge is 0.477 e. The molecule has 2 atom stereocenters. The molecule has 0 spiro atoms. The molecule has 0 aliphatic rings. The van der Waals surface area contributed by atoms with E-state index in [9.17, 15) is 19.5 Å². The van der Waals surface area contributed by atoms with Gasteiger partial charge >= 0.3 is 17.9 Å². The molecular formula is C63H118NO8+. The van der Waals surface area contributed by atoms with Crippen molar-refractivity contribution in [3.05, 3.63) is 36.5 Å². The van der Waals surface area contributed by atoms with Crippen molar-refractivity contribution < 1.29 is 42.9 Å². The molecule has 422 valence electrons. The molecule has 0 aromatic carbocycles. The molecule has 0 saturated carbocycles. The van der Waals surface area contributed by atoms with Crippen LogP contribution in [0.1, 0.15) is 290 Å². The van der Waals surface area contributed by atoms with Crippen LogP contribution < -0.4 is 0 Å². The Bertz CT molecular complexity index is 1270. The maximum absolute atomic E-state index is 12.9. The molecule has 2 unspecified atom stereocenters. The molecule has 0 radical (unpaired) electrons. The van der Waals surface area contributed by atoms with Crippen LogP contribution in [0.4, 0.5) is 0 Å². The first-order valence-electron chi connectivity index (χ1n) is 30.7. The number of unbranched alkanes of at least 4 members (excludes halogenated alkanes) is 36. The lowest BCUT2D eigenvalue weighted by Crippen LogP contribution is -2.40. The molecule has 0 aliphatic heterocycles. The van der Waals surface area contributed by atoms with Gasteiger partial charge < -0.3 is 28.5 Å². The number of allylic oxidation sites excluding steroid dienone is 6. The zero-order valence-electron chi connectivity index (χ0n) is 48.1. The van der Waals surface area contributed by atoms with Gasteiger partial charge in [-0.15, -0.1) is 0 Å². The number of aliphatic carboxylic acids is 1. The number of hydrogen-bond acceptors (Lipinski definition) is 7. The van der Waals surface area contributed by atoms with E-state index >= 15 is 0 Å². The molecule has 0 heterocycles.